The fourth-order valence-corrected chi connectivity index (χ4v) is 10.9. The van der Waals surface area contributed by atoms with Crippen LogP contribution in [0, 0.1) is 0 Å². The number of rotatable bonds is 0. The van der Waals surface area contributed by atoms with Gasteiger partial charge in [-0.25, -0.2) is 0 Å². The lowest BCUT2D eigenvalue weighted by molar-refractivity contribution is 1.02. The summed E-state index contributed by atoms with van der Waals surface area (Å²) in [6.45, 7) is 0. The van der Waals surface area contributed by atoms with Crippen molar-refractivity contribution in [2.45, 2.75) is 64.2 Å². The second-order valence-corrected chi connectivity index (χ2v) is 17.2. The molecule has 0 amide bonds. The average molecular weight is 771 g/mol. The Balaban J connectivity index is 0.0000000851. The van der Waals surface area contributed by atoms with E-state index in [1.54, 1.807) is 0 Å². The lowest BCUT2D eigenvalue weighted by Crippen LogP contribution is -1.76. The second-order valence-electron chi connectivity index (χ2n) is 17.2. The van der Waals surface area contributed by atoms with E-state index in [-0.39, 0.29) is 0 Å². The van der Waals surface area contributed by atoms with Crippen molar-refractivity contribution >= 4 is 53.9 Å². The molecular weight excluding hydrogens is 721 g/mol. The molecule has 0 aliphatic heterocycles. The molecule has 0 aromatic heterocycles. The lowest BCUT2D eigenvalue weighted by Gasteiger charge is -1.99. The minimum absolute atomic E-state index is 1.23. The van der Waals surface area contributed by atoms with Gasteiger partial charge in [0.25, 0.3) is 0 Å². The first-order valence-corrected chi connectivity index (χ1v) is 22.2. The van der Waals surface area contributed by atoms with Crippen molar-refractivity contribution in [1.29, 1.82) is 0 Å². The predicted molar refractivity (Wildman–Crippen MR) is 257 cm³/mol. The van der Waals surface area contributed by atoms with Gasteiger partial charge in [0.15, 0.2) is 0 Å². The van der Waals surface area contributed by atoms with Gasteiger partial charge in [-0.15, -0.1) is 0 Å². The summed E-state index contributed by atoms with van der Waals surface area (Å²) in [4.78, 5) is 0. The summed E-state index contributed by atoms with van der Waals surface area (Å²) in [5.74, 6) is 0. The maximum Gasteiger partial charge on any atom is -0.0120 e. The molecule has 0 heteroatoms. The molecule has 0 spiro atoms. The fraction of sp³-hybridized carbons (Fsp3) is 0.167. The van der Waals surface area contributed by atoms with Gasteiger partial charge in [0.1, 0.15) is 0 Å². The number of hydrogen-bond acceptors (Lipinski definition) is 0. The molecule has 10 aromatic carbocycles. The van der Waals surface area contributed by atoms with Crippen LogP contribution in [0.2, 0.25) is 0 Å². The summed E-state index contributed by atoms with van der Waals surface area (Å²) >= 11 is 0. The SMILES string of the molecule is c1cc2c3c(cccc3c1)CC2.c1cc2c3c(cccc3c1)CC2.c1cc2c3c(cccc3c1)CC2.c1cc2c3c(cccc3c1)CC2.c1cc2c3c(cccc3c1)CC2. The van der Waals surface area contributed by atoms with Gasteiger partial charge in [0.2, 0.25) is 0 Å². The summed E-state index contributed by atoms with van der Waals surface area (Å²) < 4.78 is 0. The summed E-state index contributed by atoms with van der Waals surface area (Å²) in [5.41, 5.74) is 15.3. The molecule has 5 aliphatic carbocycles. The normalized spacial score (nSPS) is 14.0. The number of benzene rings is 10. The highest BCUT2D eigenvalue weighted by Gasteiger charge is 2.16. The molecule has 0 saturated heterocycles. The number of hydrogen-bond donors (Lipinski definition) is 0. The Morgan fingerprint density at radius 3 is 0.383 bits per heavy atom. The molecule has 0 bridgehead atoms. The molecule has 0 radical (unpaired) electrons. The molecule has 0 atom stereocenters. The largest absolute Gasteiger partial charge is 0.0614 e. The topological polar surface area (TPSA) is 0 Å². The minimum atomic E-state index is 1.23. The van der Waals surface area contributed by atoms with Crippen molar-refractivity contribution in [1.82, 2.24) is 0 Å². The van der Waals surface area contributed by atoms with E-state index in [0.29, 0.717) is 0 Å². The van der Waals surface area contributed by atoms with Gasteiger partial charge in [0.05, 0.1) is 0 Å². The van der Waals surface area contributed by atoms with E-state index in [0.717, 1.165) is 0 Å². The zero-order valence-electron chi connectivity index (χ0n) is 34.4. The Morgan fingerprint density at radius 1 is 0.150 bits per heavy atom. The molecule has 60 heavy (non-hydrogen) atoms. The number of aryl methyl sites for hydroxylation is 10. The molecule has 5 aliphatic rings. The van der Waals surface area contributed by atoms with Crippen molar-refractivity contribution in [2.75, 3.05) is 0 Å². The van der Waals surface area contributed by atoms with Gasteiger partial charge in [-0.1, -0.05) is 182 Å². The van der Waals surface area contributed by atoms with E-state index in [9.17, 15) is 0 Å². The lowest BCUT2D eigenvalue weighted by atomic mass is 10.1. The van der Waals surface area contributed by atoms with Gasteiger partial charge >= 0.3 is 0 Å². The van der Waals surface area contributed by atoms with Crippen LogP contribution in [0.15, 0.2) is 182 Å². The van der Waals surface area contributed by atoms with Crippen LogP contribution < -0.4 is 0 Å². The van der Waals surface area contributed by atoms with Crippen LogP contribution in [0.1, 0.15) is 55.6 Å². The highest BCUT2D eigenvalue weighted by Crippen LogP contribution is 2.34. The summed E-state index contributed by atoms with van der Waals surface area (Å²) in [5, 5.41) is 14.6. The van der Waals surface area contributed by atoms with Crippen molar-refractivity contribution in [2.24, 2.45) is 0 Å². The molecule has 0 heterocycles. The standard InChI is InChI=1S/5C12H10/c5*1-3-9-4-2-6-11-8-7-10(5-1)12(9)11/h5*1-6H,7-8H2. The summed E-state index contributed by atoms with van der Waals surface area (Å²) in [7, 11) is 0. The molecule has 0 fully saturated rings. The predicted octanol–water partition coefficient (Wildman–Crippen LogP) is 14.7. The minimum Gasteiger partial charge on any atom is -0.0614 e. The quantitative estimate of drug-likeness (QED) is 0.144. The summed E-state index contributed by atoms with van der Waals surface area (Å²) in [6, 6.07) is 66.1. The van der Waals surface area contributed by atoms with Gasteiger partial charge in [-0.05, 0) is 174 Å². The molecule has 0 nitrogen and oxygen atoms in total. The Hall–Kier alpha value is -6.50. The maximum absolute atomic E-state index is 2.25. The smallest absolute Gasteiger partial charge is 0.0120 e. The third kappa shape index (κ3) is 6.85. The fourth-order valence-electron chi connectivity index (χ4n) is 10.9. The molecule has 10 aromatic rings. The van der Waals surface area contributed by atoms with Crippen molar-refractivity contribution in [3.63, 3.8) is 0 Å². The van der Waals surface area contributed by atoms with Crippen LogP contribution in [-0.2, 0) is 64.2 Å². The van der Waals surface area contributed by atoms with E-state index >= 15 is 0 Å². The van der Waals surface area contributed by atoms with Crippen LogP contribution in [0.25, 0.3) is 53.9 Å². The van der Waals surface area contributed by atoms with E-state index in [4.69, 9.17) is 0 Å². The first-order chi connectivity index (χ1) is 29.7. The molecule has 15 rings (SSSR count). The second kappa shape index (κ2) is 15.9. The highest BCUT2D eigenvalue weighted by molar-refractivity contribution is 5.93. The Bertz CT molecular complexity index is 2520. The van der Waals surface area contributed by atoms with E-state index < -0.39 is 0 Å². The van der Waals surface area contributed by atoms with E-state index in [2.05, 4.69) is 182 Å². The highest BCUT2D eigenvalue weighted by atomic mass is 14.2. The molecule has 0 N–H and O–H groups in total. The third-order valence-electron chi connectivity index (χ3n) is 13.7. The van der Waals surface area contributed by atoms with Crippen LogP contribution in [0.3, 0.4) is 0 Å². The van der Waals surface area contributed by atoms with Crippen molar-refractivity contribution in [3.05, 3.63) is 238 Å². The van der Waals surface area contributed by atoms with E-state index in [1.165, 1.54) is 174 Å². The van der Waals surface area contributed by atoms with Gasteiger partial charge in [0, 0.05) is 0 Å². The first kappa shape index (κ1) is 36.6. The van der Waals surface area contributed by atoms with E-state index in [1.807, 2.05) is 0 Å². The zero-order chi connectivity index (χ0) is 39.8. The van der Waals surface area contributed by atoms with Crippen molar-refractivity contribution < 1.29 is 0 Å². The Kier molecular flexibility index (Phi) is 9.71. The monoisotopic (exact) mass is 770 g/mol. The Labute approximate surface area is 354 Å². The average Bonchev–Trinajstić information content (AvgIpc) is 4.17. The molecule has 290 valence electrons. The molecule has 0 unspecified atom stereocenters. The maximum atomic E-state index is 2.25. The first-order valence-electron chi connectivity index (χ1n) is 22.2. The van der Waals surface area contributed by atoms with Crippen LogP contribution >= 0.6 is 0 Å². The molecular formula is C60H50. The van der Waals surface area contributed by atoms with Gasteiger partial charge in [-0.3, -0.25) is 0 Å². The van der Waals surface area contributed by atoms with Crippen LogP contribution in [0.4, 0.5) is 0 Å². The zero-order valence-corrected chi connectivity index (χ0v) is 34.4. The van der Waals surface area contributed by atoms with Crippen LogP contribution in [-0.4, -0.2) is 0 Å². The molecule has 0 saturated carbocycles. The third-order valence-corrected chi connectivity index (χ3v) is 13.7. The van der Waals surface area contributed by atoms with Gasteiger partial charge < -0.3 is 0 Å². The summed E-state index contributed by atoms with van der Waals surface area (Å²) in [6.07, 6.45) is 12.3. The van der Waals surface area contributed by atoms with Crippen LogP contribution in [0.5, 0.6) is 0 Å². The Morgan fingerprint density at radius 2 is 0.267 bits per heavy atom. The van der Waals surface area contributed by atoms with Crippen molar-refractivity contribution in [3.8, 4) is 0 Å². The van der Waals surface area contributed by atoms with Gasteiger partial charge in [-0.2, -0.15) is 0 Å².